The number of nitrogens with zero attached hydrogens (tertiary/aromatic N) is 4. The molecule has 2 saturated heterocycles. The molecule has 140 valence electrons. The number of aromatic nitrogens is 2. The molecule has 0 unspecified atom stereocenters. The highest BCUT2D eigenvalue weighted by molar-refractivity contribution is 5.93. The summed E-state index contributed by atoms with van der Waals surface area (Å²) >= 11 is 0. The van der Waals surface area contributed by atoms with Gasteiger partial charge >= 0.3 is 0 Å². The highest BCUT2D eigenvalue weighted by Crippen LogP contribution is 2.37. The Kier molecular flexibility index (Phi) is 4.97. The molecule has 0 atom stereocenters. The number of piperidine rings is 1. The number of methoxy groups -OCH3 is 2. The van der Waals surface area contributed by atoms with Gasteiger partial charge in [-0.15, -0.1) is 0 Å². The summed E-state index contributed by atoms with van der Waals surface area (Å²) in [5, 5.41) is 1.02. The van der Waals surface area contributed by atoms with Gasteiger partial charge in [-0.2, -0.15) is 4.98 Å². The van der Waals surface area contributed by atoms with E-state index in [1.807, 2.05) is 12.1 Å². The fraction of sp³-hybridized carbons (Fsp3) is 0.579. The minimum Gasteiger partial charge on any atom is -0.493 e. The van der Waals surface area contributed by atoms with Crippen molar-refractivity contribution in [2.24, 2.45) is 0 Å². The molecular weight excluding hydrogens is 332 g/mol. The van der Waals surface area contributed by atoms with Crippen LogP contribution in [0.15, 0.2) is 12.1 Å². The first-order valence-electron chi connectivity index (χ1n) is 9.31. The number of benzene rings is 1. The van der Waals surface area contributed by atoms with Gasteiger partial charge in [-0.1, -0.05) is 0 Å². The predicted octanol–water partition coefficient (Wildman–Crippen LogP) is 2.47. The van der Waals surface area contributed by atoms with E-state index >= 15 is 0 Å². The average Bonchev–Trinajstić information content (AvgIpc) is 2.73. The fourth-order valence-corrected chi connectivity index (χ4v) is 3.68. The molecule has 7 heteroatoms. The minimum absolute atomic E-state index is 0.691. The molecule has 1 aromatic carbocycles. The Bertz CT molecular complexity index is 771. The number of hydrogen-bond acceptors (Lipinski definition) is 7. The summed E-state index contributed by atoms with van der Waals surface area (Å²) in [5.41, 5.74) is 0.889. The summed E-state index contributed by atoms with van der Waals surface area (Å²) < 4.78 is 16.5. The van der Waals surface area contributed by atoms with Crippen LogP contribution in [0.3, 0.4) is 0 Å². The van der Waals surface area contributed by atoms with Gasteiger partial charge < -0.3 is 24.0 Å². The van der Waals surface area contributed by atoms with E-state index in [0.717, 1.165) is 48.8 Å². The summed E-state index contributed by atoms with van der Waals surface area (Å²) in [4.78, 5) is 14.4. The maximum absolute atomic E-state index is 5.51. The zero-order valence-electron chi connectivity index (χ0n) is 15.5. The summed E-state index contributed by atoms with van der Waals surface area (Å²) in [7, 11) is 3.31. The Hall–Kier alpha value is -2.28. The molecule has 0 spiro atoms. The van der Waals surface area contributed by atoms with E-state index in [1.54, 1.807) is 14.2 Å². The molecule has 0 N–H and O–H groups in total. The van der Waals surface area contributed by atoms with Crippen LogP contribution >= 0.6 is 0 Å². The molecule has 0 aliphatic carbocycles. The zero-order valence-corrected chi connectivity index (χ0v) is 15.5. The van der Waals surface area contributed by atoms with Gasteiger partial charge in [0.2, 0.25) is 5.95 Å². The van der Waals surface area contributed by atoms with E-state index in [9.17, 15) is 0 Å². The second-order valence-electron chi connectivity index (χ2n) is 6.72. The van der Waals surface area contributed by atoms with Crippen molar-refractivity contribution < 1.29 is 14.2 Å². The summed E-state index contributed by atoms with van der Waals surface area (Å²) in [5.74, 6) is 3.17. The van der Waals surface area contributed by atoms with Gasteiger partial charge in [0.15, 0.2) is 11.5 Å². The van der Waals surface area contributed by atoms with Crippen LogP contribution in [0.4, 0.5) is 11.8 Å². The van der Waals surface area contributed by atoms with Crippen LogP contribution in [0.1, 0.15) is 19.3 Å². The van der Waals surface area contributed by atoms with Gasteiger partial charge in [-0.3, -0.25) is 0 Å². The Balaban J connectivity index is 1.85. The molecule has 3 heterocycles. The number of anilines is 2. The van der Waals surface area contributed by atoms with Crippen molar-refractivity contribution in [2.75, 3.05) is 63.4 Å². The van der Waals surface area contributed by atoms with Crippen LogP contribution in [-0.4, -0.2) is 63.6 Å². The molecule has 0 radical (unpaired) electrons. The van der Waals surface area contributed by atoms with Crippen LogP contribution in [-0.2, 0) is 4.74 Å². The van der Waals surface area contributed by atoms with E-state index in [1.165, 1.54) is 19.3 Å². The lowest BCUT2D eigenvalue weighted by Crippen LogP contribution is -2.38. The SMILES string of the molecule is COc1cc2nc(N3CCOCC3)nc(N3CCCCC3)c2cc1OC. The van der Waals surface area contributed by atoms with Crippen LogP contribution in [0, 0.1) is 0 Å². The van der Waals surface area contributed by atoms with Crippen molar-refractivity contribution in [3.05, 3.63) is 12.1 Å². The standard InChI is InChI=1S/C19H26N4O3/c1-24-16-12-14-15(13-17(16)25-2)20-19(23-8-10-26-11-9-23)21-18(14)22-6-4-3-5-7-22/h12-13H,3-11H2,1-2H3. The van der Waals surface area contributed by atoms with Crippen molar-refractivity contribution in [2.45, 2.75) is 19.3 Å². The lowest BCUT2D eigenvalue weighted by molar-refractivity contribution is 0.122. The third-order valence-electron chi connectivity index (χ3n) is 5.12. The van der Waals surface area contributed by atoms with E-state index in [4.69, 9.17) is 24.2 Å². The van der Waals surface area contributed by atoms with Gasteiger partial charge in [0.25, 0.3) is 0 Å². The number of fused-ring (bicyclic) bond motifs is 1. The van der Waals surface area contributed by atoms with Crippen LogP contribution in [0.2, 0.25) is 0 Å². The predicted molar refractivity (Wildman–Crippen MR) is 102 cm³/mol. The number of hydrogen-bond donors (Lipinski definition) is 0. The number of rotatable bonds is 4. The number of ether oxygens (including phenoxy) is 3. The van der Waals surface area contributed by atoms with Crippen molar-refractivity contribution in [3.8, 4) is 11.5 Å². The Morgan fingerprint density at radius 3 is 2.23 bits per heavy atom. The molecule has 7 nitrogen and oxygen atoms in total. The van der Waals surface area contributed by atoms with Gasteiger partial charge in [-0.05, 0) is 25.3 Å². The smallest absolute Gasteiger partial charge is 0.228 e. The molecule has 2 aliphatic heterocycles. The van der Waals surface area contributed by atoms with Crippen molar-refractivity contribution in [1.82, 2.24) is 9.97 Å². The first-order valence-corrected chi connectivity index (χ1v) is 9.31. The first-order chi connectivity index (χ1) is 12.8. The van der Waals surface area contributed by atoms with E-state index in [-0.39, 0.29) is 0 Å². The lowest BCUT2D eigenvalue weighted by Gasteiger charge is -2.31. The quantitative estimate of drug-likeness (QED) is 0.832. The Labute approximate surface area is 153 Å². The van der Waals surface area contributed by atoms with Gasteiger partial charge in [0.05, 0.1) is 33.0 Å². The molecule has 4 rings (SSSR count). The van der Waals surface area contributed by atoms with Gasteiger partial charge in [0.1, 0.15) is 5.82 Å². The third-order valence-corrected chi connectivity index (χ3v) is 5.12. The monoisotopic (exact) mass is 358 g/mol. The molecule has 2 aliphatic rings. The maximum atomic E-state index is 5.51. The van der Waals surface area contributed by atoms with Gasteiger partial charge in [0, 0.05) is 37.6 Å². The first kappa shape index (κ1) is 17.1. The highest BCUT2D eigenvalue weighted by atomic mass is 16.5. The fourth-order valence-electron chi connectivity index (χ4n) is 3.68. The molecule has 0 bridgehead atoms. The topological polar surface area (TPSA) is 60.0 Å². The summed E-state index contributed by atoms with van der Waals surface area (Å²) in [6, 6.07) is 3.95. The molecular formula is C19H26N4O3. The molecule has 26 heavy (non-hydrogen) atoms. The third kappa shape index (κ3) is 3.23. The van der Waals surface area contributed by atoms with Gasteiger partial charge in [-0.25, -0.2) is 4.98 Å². The average molecular weight is 358 g/mol. The van der Waals surface area contributed by atoms with E-state index in [2.05, 4.69) is 9.80 Å². The van der Waals surface area contributed by atoms with Crippen LogP contribution in [0.25, 0.3) is 10.9 Å². The van der Waals surface area contributed by atoms with Crippen molar-refractivity contribution in [1.29, 1.82) is 0 Å². The van der Waals surface area contributed by atoms with E-state index in [0.29, 0.717) is 24.7 Å². The molecule has 0 saturated carbocycles. The summed E-state index contributed by atoms with van der Waals surface area (Å²) in [6.07, 6.45) is 3.68. The molecule has 1 aromatic heterocycles. The Morgan fingerprint density at radius 1 is 0.846 bits per heavy atom. The summed E-state index contributed by atoms with van der Waals surface area (Å²) in [6.45, 7) is 5.13. The Morgan fingerprint density at radius 2 is 1.54 bits per heavy atom. The second kappa shape index (κ2) is 7.53. The van der Waals surface area contributed by atoms with Crippen molar-refractivity contribution in [3.63, 3.8) is 0 Å². The van der Waals surface area contributed by atoms with Crippen LogP contribution in [0.5, 0.6) is 11.5 Å². The highest BCUT2D eigenvalue weighted by Gasteiger charge is 2.22. The van der Waals surface area contributed by atoms with Crippen LogP contribution < -0.4 is 19.3 Å². The molecule has 0 amide bonds. The largest absolute Gasteiger partial charge is 0.493 e. The van der Waals surface area contributed by atoms with Crippen molar-refractivity contribution >= 4 is 22.7 Å². The minimum atomic E-state index is 0.691. The molecule has 2 aromatic rings. The number of morpholine rings is 1. The normalized spacial score (nSPS) is 18.2. The molecule has 2 fully saturated rings. The lowest BCUT2D eigenvalue weighted by atomic mass is 10.1. The van der Waals surface area contributed by atoms with E-state index < -0.39 is 0 Å². The maximum Gasteiger partial charge on any atom is 0.228 e. The second-order valence-corrected chi connectivity index (χ2v) is 6.72. The zero-order chi connectivity index (χ0) is 17.9.